The standard InChI is InChI=1S/C9H18N2O2S/c1-11(2)9(10)7-14(12,13)8-5-3-4-6-8/h7-8H,3-6,10H2,1-2H3. The fraction of sp³-hybridized carbons (Fsp3) is 0.778. The van der Waals surface area contributed by atoms with E-state index in [0.29, 0.717) is 5.82 Å². The van der Waals surface area contributed by atoms with Gasteiger partial charge in [0.15, 0.2) is 9.84 Å². The second kappa shape index (κ2) is 4.21. The number of hydrogen-bond acceptors (Lipinski definition) is 4. The van der Waals surface area contributed by atoms with Crippen molar-refractivity contribution in [2.75, 3.05) is 14.1 Å². The van der Waals surface area contributed by atoms with Gasteiger partial charge < -0.3 is 10.6 Å². The highest BCUT2D eigenvalue weighted by molar-refractivity contribution is 7.94. The number of rotatable bonds is 3. The van der Waals surface area contributed by atoms with E-state index < -0.39 is 9.84 Å². The molecule has 0 amide bonds. The Labute approximate surface area is 85.7 Å². The first-order valence-corrected chi connectivity index (χ1v) is 6.43. The van der Waals surface area contributed by atoms with Gasteiger partial charge in [0.1, 0.15) is 5.82 Å². The summed E-state index contributed by atoms with van der Waals surface area (Å²) >= 11 is 0. The van der Waals surface area contributed by atoms with Crippen molar-refractivity contribution in [3.8, 4) is 0 Å². The maximum absolute atomic E-state index is 11.8. The molecule has 5 heteroatoms. The summed E-state index contributed by atoms with van der Waals surface area (Å²) in [6.45, 7) is 0. The Balaban J connectivity index is 2.80. The van der Waals surface area contributed by atoms with Gasteiger partial charge in [-0.05, 0) is 12.8 Å². The lowest BCUT2D eigenvalue weighted by molar-refractivity contribution is 0.505. The van der Waals surface area contributed by atoms with Gasteiger partial charge in [-0.15, -0.1) is 0 Å². The van der Waals surface area contributed by atoms with Crippen molar-refractivity contribution < 1.29 is 8.42 Å². The lowest BCUT2D eigenvalue weighted by Crippen LogP contribution is -2.23. The van der Waals surface area contributed by atoms with Gasteiger partial charge >= 0.3 is 0 Å². The molecule has 1 aliphatic rings. The minimum Gasteiger partial charge on any atom is -0.385 e. The maximum Gasteiger partial charge on any atom is 0.177 e. The van der Waals surface area contributed by atoms with E-state index in [9.17, 15) is 8.42 Å². The van der Waals surface area contributed by atoms with Gasteiger partial charge in [0.2, 0.25) is 0 Å². The van der Waals surface area contributed by atoms with Crippen LogP contribution in [0.4, 0.5) is 0 Å². The van der Waals surface area contributed by atoms with Crippen LogP contribution >= 0.6 is 0 Å². The van der Waals surface area contributed by atoms with Crippen LogP contribution in [0.3, 0.4) is 0 Å². The molecule has 0 heterocycles. The average molecular weight is 218 g/mol. The molecule has 0 saturated heterocycles. The number of hydrogen-bond donors (Lipinski definition) is 1. The molecule has 0 unspecified atom stereocenters. The molecule has 2 N–H and O–H groups in total. The molecular weight excluding hydrogens is 200 g/mol. The first kappa shape index (κ1) is 11.4. The van der Waals surface area contributed by atoms with Gasteiger partial charge in [-0.1, -0.05) is 12.8 Å². The van der Waals surface area contributed by atoms with Crippen molar-refractivity contribution in [3.63, 3.8) is 0 Å². The molecule has 0 bridgehead atoms. The first-order valence-electron chi connectivity index (χ1n) is 4.82. The zero-order valence-electron chi connectivity index (χ0n) is 8.73. The Kier molecular flexibility index (Phi) is 3.42. The molecule has 0 aromatic heterocycles. The summed E-state index contributed by atoms with van der Waals surface area (Å²) in [5.41, 5.74) is 5.58. The maximum atomic E-state index is 11.8. The fourth-order valence-electron chi connectivity index (χ4n) is 1.59. The van der Waals surface area contributed by atoms with Crippen molar-refractivity contribution >= 4 is 9.84 Å². The predicted octanol–water partition coefficient (Wildman–Crippen LogP) is 0.663. The normalized spacial score (nSPS) is 20.0. The average Bonchev–Trinajstić information content (AvgIpc) is 2.54. The Morgan fingerprint density at radius 1 is 1.36 bits per heavy atom. The third-order valence-electron chi connectivity index (χ3n) is 2.57. The van der Waals surface area contributed by atoms with E-state index >= 15 is 0 Å². The van der Waals surface area contributed by atoms with Crippen LogP contribution in [0.1, 0.15) is 25.7 Å². The molecule has 1 aliphatic carbocycles. The minimum atomic E-state index is -3.13. The van der Waals surface area contributed by atoms with Crippen LogP contribution in [0.2, 0.25) is 0 Å². The minimum absolute atomic E-state index is 0.207. The lowest BCUT2D eigenvalue weighted by Gasteiger charge is -2.13. The van der Waals surface area contributed by atoms with Crippen LogP contribution < -0.4 is 5.73 Å². The Bertz CT molecular complexity index is 314. The Morgan fingerprint density at radius 3 is 2.29 bits per heavy atom. The fourth-order valence-corrected chi connectivity index (χ4v) is 3.32. The molecule has 0 radical (unpaired) electrons. The van der Waals surface area contributed by atoms with Gasteiger partial charge in [0, 0.05) is 14.1 Å². The van der Waals surface area contributed by atoms with E-state index in [1.54, 1.807) is 19.0 Å². The molecule has 0 aliphatic heterocycles. The molecule has 1 saturated carbocycles. The molecule has 0 aromatic rings. The third kappa shape index (κ3) is 2.64. The summed E-state index contributed by atoms with van der Waals surface area (Å²) in [5.74, 6) is 0.303. The van der Waals surface area contributed by atoms with Gasteiger partial charge in [0.25, 0.3) is 0 Å². The number of sulfone groups is 1. The molecule has 0 atom stereocenters. The molecule has 0 aromatic carbocycles. The molecule has 4 nitrogen and oxygen atoms in total. The number of nitrogens with two attached hydrogens (primary N) is 1. The topological polar surface area (TPSA) is 63.4 Å². The van der Waals surface area contributed by atoms with Crippen molar-refractivity contribution in [2.24, 2.45) is 5.73 Å². The van der Waals surface area contributed by atoms with Crippen molar-refractivity contribution in [2.45, 2.75) is 30.9 Å². The quantitative estimate of drug-likeness (QED) is 0.756. The summed E-state index contributed by atoms with van der Waals surface area (Å²) < 4.78 is 23.5. The second-order valence-corrected chi connectivity index (χ2v) is 6.01. The van der Waals surface area contributed by atoms with Crippen LogP contribution in [-0.4, -0.2) is 32.7 Å². The van der Waals surface area contributed by atoms with Gasteiger partial charge in [-0.2, -0.15) is 0 Å². The van der Waals surface area contributed by atoms with Crippen LogP contribution in [0.25, 0.3) is 0 Å². The zero-order chi connectivity index (χ0) is 10.8. The SMILES string of the molecule is CN(C)C(N)=CS(=O)(=O)C1CCCC1. The highest BCUT2D eigenvalue weighted by Crippen LogP contribution is 2.26. The molecular formula is C9H18N2O2S. The lowest BCUT2D eigenvalue weighted by atomic mass is 10.4. The first-order chi connectivity index (χ1) is 6.43. The van der Waals surface area contributed by atoms with Gasteiger partial charge in [0.05, 0.1) is 10.7 Å². The number of nitrogens with zero attached hydrogens (tertiary/aromatic N) is 1. The van der Waals surface area contributed by atoms with Gasteiger partial charge in [-0.25, -0.2) is 8.42 Å². The van der Waals surface area contributed by atoms with E-state index in [2.05, 4.69) is 0 Å². The highest BCUT2D eigenvalue weighted by atomic mass is 32.2. The van der Waals surface area contributed by atoms with E-state index in [-0.39, 0.29) is 5.25 Å². The summed E-state index contributed by atoms with van der Waals surface area (Å²) in [6.07, 6.45) is 3.58. The van der Waals surface area contributed by atoms with Crippen molar-refractivity contribution in [1.82, 2.24) is 4.90 Å². The monoisotopic (exact) mass is 218 g/mol. The van der Waals surface area contributed by atoms with E-state index in [4.69, 9.17) is 5.73 Å². The highest BCUT2D eigenvalue weighted by Gasteiger charge is 2.27. The summed E-state index contributed by atoms with van der Waals surface area (Å²) in [7, 11) is 0.331. The van der Waals surface area contributed by atoms with Gasteiger partial charge in [-0.3, -0.25) is 0 Å². The summed E-state index contributed by atoms with van der Waals surface area (Å²) in [4.78, 5) is 1.60. The molecule has 0 spiro atoms. The largest absolute Gasteiger partial charge is 0.385 e. The second-order valence-electron chi connectivity index (χ2n) is 3.93. The molecule has 14 heavy (non-hydrogen) atoms. The third-order valence-corrected chi connectivity index (χ3v) is 4.54. The summed E-state index contributed by atoms with van der Waals surface area (Å²) in [6, 6.07) is 0. The van der Waals surface area contributed by atoms with Crippen LogP contribution in [0.15, 0.2) is 11.2 Å². The smallest absolute Gasteiger partial charge is 0.177 e. The molecule has 1 fully saturated rings. The zero-order valence-corrected chi connectivity index (χ0v) is 9.55. The van der Waals surface area contributed by atoms with E-state index in [1.807, 2.05) is 0 Å². The molecule has 82 valence electrons. The Morgan fingerprint density at radius 2 is 1.86 bits per heavy atom. The van der Waals surface area contributed by atoms with Crippen LogP contribution in [0.5, 0.6) is 0 Å². The molecule has 1 rings (SSSR count). The van der Waals surface area contributed by atoms with Crippen molar-refractivity contribution in [1.29, 1.82) is 0 Å². The predicted molar refractivity (Wildman–Crippen MR) is 57.1 cm³/mol. The van der Waals surface area contributed by atoms with Crippen molar-refractivity contribution in [3.05, 3.63) is 11.2 Å². The Hall–Kier alpha value is -0.710. The van der Waals surface area contributed by atoms with E-state index in [1.165, 1.54) is 5.41 Å². The summed E-state index contributed by atoms with van der Waals surface area (Å²) in [5, 5.41) is 0.990. The van der Waals surface area contributed by atoms with E-state index in [0.717, 1.165) is 25.7 Å². The van der Waals surface area contributed by atoms with Crippen LogP contribution in [0, 0.1) is 0 Å². The van der Waals surface area contributed by atoms with Crippen LogP contribution in [-0.2, 0) is 9.84 Å².